The highest BCUT2D eigenvalue weighted by atomic mass is 35.5. The predicted octanol–water partition coefficient (Wildman–Crippen LogP) is 4.03. The summed E-state index contributed by atoms with van der Waals surface area (Å²) in [6, 6.07) is 10.2. The molecule has 3 rings (SSSR count). The van der Waals surface area contributed by atoms with Crippen LogP contribution in [-0.2, 0) is 0 Å². The van der Waals surface area contributed by atoms with E-state index in [2.05, 4.69) is 5.32 Å². The van der Waals surface area contributed by atoms with E-state index in [0.29, 0.717) is 17.3 Å². The summed E-state index contributed by atoms with van der Waals surface area (Å²) in [6.07, 6.45) is -0.246. The average molecular weight is 294 g/mol. The second-order valence-electron chi connectivity index (χ2n) is 4.52. The number of benzene rings is 2. The van der Waals surface area contributed by atoms with E-state index in [4.69, 9.17) is 21.1 Å². The van der Waals surface area contributed by atoms with Gasteiger partial charge in [-0.25, -0.2) is 4.39 Å². The molecule has 0 aliphatic carbocycles. The summed E-state index contributed by atoms with van der Waals surface area (Å²) >= 11 is 5.93. The number of nitrogens with one attached hydrogen (secondary N) is 1. The van der Waals surface area contributed by atoms with Gasteiger partial charge < -0.3 is 14.8 Å². The monoisotopic (exact) mass is 293 g/mol. The highest BCUT2D eigenvalue weighted by Gasteiger charge is 2.22. The highest BCUT2D eigenvalue weighted by molar-refractivity contribution is 6.30. The lowest BCUT2D eigenvalue weighted by molar-refractivity contribution is 0.210. The predicted molar refractivity (Wildman–Crippen MR) is 76.3 cm³/mol. The number of hydrogen-bond acceptors (Lipinski definition) is 3. The fourth-order valence-corrected chi connectivity index (χ4v) is 2.38. The number of methoxy groups -OCH3 is 1. The molecule has 20 heavy (non-hydrogen) atoms. The van der Waals surface area contributed by atoms with Gasteiger partial charge in [0.1, 0.15) is 11.9 Å². The number of halogens is 2. The molecule has 0 bridgehead atoms. The van der Waals surface area contributed by atoms with Crippen LogP contribution in [-0.4, -0.2) is 13.7 Å². The van der Waals surface area contributed by atoms with Crippen molar-refractivity contribution in [2.75, 3.05) is 19.0 Å². The molecule has 104 valence electrons. The van der Waals surface area contributed by atoms with E-state index in [9.17, 15) is 4.39 Å². The first-order valence-corrected chi connectivity index (χ1v) is 6.58. The highest BCUT2D eigenvalue weighted by Crippen LogP contribution is 2.36. The first-order valence-electron chi connectivity index (χ1n) is 6.21. The number of anilines is 1. The molecule has 3 nitrogen and oxygen atoms in total. The largest absolute Gasteiger partial charge is 0.494 e. The zero-order valence-corrected chi connectivity index (χ0v) is 11.6. The average Bonchev–Trinajstić information content (AvgIpc) is 2.46. The van der Waals surface area contributed by atoms with E-state index >= 15 is 0 Å². The molecule has 0 saturated carbocycles. The van der Waals surface area contributed by atoms with Crippen LogP contribution in [0.5, 0.6) is 11.5 Å². The normalized spacial score (nSPS) is 16.9. The molecular formula is C15H13ClFNO2. The lowest BCUT2D eigenvalue weighted by Crippen LogP contribution is -2.23. The Morgan fingerprint density at radius 3 is 2.90 bits per heavy atom. The smallest absolute Gasteiger partial charge is 0.165 e. The van der Waals surface area contributed by atoms with Gasteiger partial charge in [0.05, 0.1) is 19.3 Å². The fraction of sp³-hybridized carbons (Fsp3) is 0.200. The van der Waals surface area contributed by atoms with Crippen molar-refractivity contribution >= 4 is 17.3 Å². The number of ether oxygens (including phenoxy) is 2. The molecule has 0 radical (unpaired) electrons. The number of rotatable bonds is 2. The Balaban J connectivity index is 1.86. The standard InChI is InChI=1S/C15H13ClFNO2/c1-19-13-4-2-9(6-11(13)17)15-8-18-12-7-10(16)3-5-14(12)20-15/h2-7,15,18H,8H2,1H3. The molecule has 5 heteroatoms. The molecule has 2 aromatic rings. The summed E-state index contributed by atoms with van der Waals surface area (Å²) in [5, 5.41) is 3.88. The van der Waals surface area contributed by atoms with Crippen molar-refractivity contribution in [1.82, 2.24) is 0 Å². The molecule has 1 aliphatic rings. The summed E-state index contributed by atoms with van der Waals surface area (Å²) in [6.45, 7) is 0.555. The molecule has 1 heterocycles. The van der Waals surface area contributed by atoms with Gasteiger partial charge in [-0.15, -0.1) is 0 Å². The molecule has 0 fully saturated rings. The maximum Gasteiger partial charge on any atom is 0.165 e. The van der Waals surface area contributed by atoms with Crippen molar-refractivity contribution in [2.24, 2.45) is 0 Å². The van der Waals surface area contributed by atoms with Crippen molar-refractivity contribution in [3.63, 3.8) is 0 Å². The third-order valence-electron chi connectivity index (χ3n) is 3.24. The summed E-state index contributed by atoms with van der Waals surface area (Å²) in [5.41, 5.74) is 1.61. The Morgan fingerprint density at radius 2 is 2.15 bits per heavy atom. The minimum atomic E-state index is -0.393. The zero-order valence-electron chi connectivity index (χ0n) is 10.8. The van der Waals surface area contributed by atoms with E-state index < -0.39 is 5.82 Å². The van der Waals surface area contributed by atoms with Crippen LogP contribution < -0.4 is 14.8 Å². The second-order valence-corrected chi connectivity index (χ2v) is 4.96. The van der Waals surface area contributed by atoms with Gasteiger partial charge in [-0.1, -0.05) is 17.7 Å². The molecule has 1 aliphatic heterocycles. The van der Waals surface area contributed by atoms with Crippen LogP contribution in [0.2, 0.25) is 5.02 Å². The van der Waals surface area contributed by atoms with Gasteiger partial charge in [-0.3, -0.25) is 0 Å². The van der Waals surface area contributed by atoms with E-state index in [-0.39, 0.29) is 11.9 Å². The molecule has 1 N–H and O–H groups in total. The van der Waals surface area contributed by atoms with E-state index in [1.165, 1.54) is 13.2 Å². The molecule has 1 atom stereocenters. The Kier molecular flexibility index (Phi) is 3.40. The van der Waals surface area contributed by atoms with E-state index in [0.717, 1.165) is 11.3 Å². The second kappa shape index (κ2) is 5.21. The minimum absolute atomic E-state index is 0.227. The molecule has 1 unspecified atom stereocenters. The Labute approximate surface area is 121 Å². The van der Waals surface area contributed by atoms with Gasteiger partial charge in [0, 0.05) is 5.02 Å². The molecule has 2 aromatic carbocycles. The lowest BCUT2D eigenvalue weighted by atomic mass is 10.1. The van der Waals surface area contributed by atoms with E-state index in [1.807, 2.05) is 6.07 Å². The third kappa shape index (κ3) is 2.39. The van der Waals surface area contributed by atoms with Gasteiger partial charge in [0.2, 0.25) is 0 Å². The molecule has 0 amide bonds. The van der Waals surface area contributed by atoms with Gasteiger partial charge in [0.25, 0.3) is 0 Å². The summed E-state index contributed by atoms with van der Waals surface area (Å²) in [4.78, 5) is 0. The van der Waals surface area contributed by atoms with Crippen LogP contribution in [0, 0.1) is 5.82 Å². The van der Waals surface area contributed by atoms with E-state index in [1.54, 1.807) is 24.3 Å². The molecule has 0 aromatic heterocycles. The maximum absolute atomic E-state index is 13.7. The van der Waals surface area contributed by atoms with Crippen LogP contribution in [0.25, 0.3) is 0 Å². The van der Waals surface area contributed by atoms with Crippen molar-refractivity contribution in [1.29, 1.82) is 0 Å². The van der Waals surface area contributed by atoms with Crippen LogP contribution in [0.1, 0.15) is 11.7 Å². The SMILES string of the molecule is COc1ccc(C2CNc3cc(Cl)ccc3O2)cc1F. The van der Waals surface area contributed by atoms with Gasteiger partial charge in [-0.05, 0) is 35.9 Å². The quantitative estimate of drug-likeness (QED) is 0.907. The summed E-state index contributed by atoms with van der Waals surface area (Å²) < 4.78 is 24.5. The number of fused-ring (bicyclic) bond motifs is 1. The first kappa shape index (κ1) is 13.1. The van der Waals surface area contributed by atoms with Gasteiger partial charge in [0.15, 0.2) is 11.6 Å². The van der Waals surface area contributed by atoms with Crippen LogP contribution in [0.15, 0.2) is 36.4 Å². The van der Waals surface area contributed by atoms with Crippen molar-refractivity contribution in [3.8, 4) is 11.5 Å². The Bertz CT molecular complexity index is 648. The third-order valence-corrected chi connectivity index (χ3v) is 3.47. The molecule has 0 saturated heterocycles. The first-order chi connectivity index (χ1) is 9.67. The van der Waals surface area contributed by atoms with Crippen LogP contribution >= 0.6 is 11.6 Å². The van der Waals surface area contributed by atoms with Gasteiger partial charge in [-0.2, -0.15) is 0 Å². The van der Waals surface area contributed by atoms with Crippen LogP contribution in [0.4, 0.5) is 10.1 Å². The topological polar surface area (TPSA) is 30.5 Å². The van der Waals surface area contributed by atoms with Crippen molar-refractivity contribution in [3.05, 3.63) is 52.8 Å². The zero-order chi connectivity index (χ0) is 14.1. The van der Waals surface area contributed by atoms with Crippen LogP contribution in [0.3, 0.4) is 0 Å². The molecular weight excluding hydrogens is 281 g/mol. The maximum atomic E-state index is 13.7. The fourth-order valence-electron chi connectivity index (χ4n) is 2.21. The van der Waals surface area contributed by atoms with Gasteiger partial charge >= 0.3 is 0 Å². The Morgan fingerprint density at radius 1 is 1.30 bits per heavy atom. The number of hydrogen-bond donors (Lipinski definition) is 1. The lowest BCUT2D eigenvalue weighted by Gasteiger charge is -2.28. The van der Waals surface area contributed by atoms with Crippen molar-refractivity contribution < 1.29 is 13.9 Å². The molecule has 0 spiro atoms. The summed E-state index contributed by atoms with van der Waals surface area (Å²) in [5.74, 6) is 0.544. The summed E-state index contributed by atoms with van der Waals surface area (Å²) in [7, 11) is 1.44. The minimum Gasteiger partial charge on any atom is -0.494 e. The Hall–Kier alpha value is -1.94. The van der Waals surface area contributed by atoms with Crippen molar-refractivity contribution in [2.45, 2.75) is 6.10 Å².